The summed E-state index contributed by atoms with van der Waals surface area (Å²) in [7, 11) is 0. The zero-order chi connectivity index (χ0) is 21.9. The second kappa shape index (κ2) is 8.91. The summed E-state index contributed by atoms with van der Waals surface area (Å²) in [6.45, 7) is 8.09. The molecule has 2 fully saturated rings. The summed E-state index contributed by atoms with van der Waals surface area (Å²) < 4.78 is 7.17. The summed E-state index contributed by atoms with van der Waals surface area (Å²) in [4.78, 5) is 20.5. The Morgan fingerprint density at radius 2 is 2.09 bits per heavy atom. The van der Waals surface area contributed by atoms with Crippen molar-refractivity contribution < 1.29 is 9.53 Å². The van der Waals surface area contributed by atoms with Crippen molar-refractivity contribution >= 4 is 28.9 Å². The number of rotatable bonds is 5. The SMILES string of the molecule is C=CC(=O)N1CCCC(c2cc(Nc3ccc(N4CCOCC4)nn3)c3ncnn3c2)C1. The van der Waals surface area contributed by atoms with Crippen molar-refractivity contribution in [1.29, 1.82) is 0 Å². The van der Waals surface area contributed by atoms with Crippen LogP contribution in [0.1, 0.15) is 24.3 Å². The van der Waals surface area contributed by atoms with Gasteiger partial charge in [0.25, 0.3) is 0 Å². The van der Waals surface area contributed by atoms with Crippen LogP contribution in [-0.2, 0) is 9.53 Å². The van der Waals surface area contributed by atoms with Crippen LogP contribution in [0.25, 0.3) is 5.65 Å². The molecule has 1 unspecified atom stereocenters. The summed E-state index contributed by atoms with van der Waals surface area (Å²) >= 11 is 0. The predicted octanol–water partition coefficient (Wildman–Crippen LogP) is 1.99. The van der Waals surface area contributed by atoms with Crippen molar-refractivity contribution in [3.63, 3.8) is 0 Å². The van der Waals surface area contributed by atoms with Gasteiger partial charge in [0.1, 0.15) is 6.33 Å². The number of pyridine rings is 1. The summed E-state index contributed by atoms with van der Waals surface area (Å²) in [6, 6.07) is 5.96. The van der Waals surface area contributed by atoms with Gasteiger partial charge in [-0.3, -0.25) is 4.79 Å². The van der Waals surface area contributed by atoms with E-state index in [0.717, 1.165) is 49.5 Å². The van der Waals surface area contributed by atoms with E-state index in [0.29, 0.717) is 31.2 Å². The molecule has 0 aromatic carbocycles. The molecule has 3 aromatic heterocycles. The fourth-order valence-electron chi connectivity index (χ4n) is 4.33. The number of carbonyl (C=O) groups excluding carboxylic acids is 1. The Morgan fingerprint density at radius 1 is 1.22 bits per heavy atom. The minimum absolute atomic E-state index is 0.0227. The topological polar surface area (TPSA) is 101 Å². The number of piperidine rings is 1. The summed E-state index contributed by atoms with van der Waals surface area (Å²) in [6.07, 6.45) is 6.87. The Labute approximate surface area is 185 Å². The monoisotopic (exact) mass is 434 g/mol. The molecule has 1 atom stereocenters. The molecule has 1 amide bonds. The van der Waals surface area contributed by atoms with E-state index in [9.17, 15) is 4.79 Å². The van der Waals surface area contributed by atoms with E-state index in [1.54, 1.807) is 4.52 Å². The predicted molar refractivity (Wildman–Crippen MR) is 120 cm³/mol. The smallest absolute Gasteiger partial charge is 0.245 e. The zero-order valence-corrected chi connectivity index (χ0v) is 17.9. The van der Waals surface area contributed by atoms with Crippen molar-refractivity contribution in [3.8, 4) is 0 Å². The van der Waals surface area contributed by atoms with Crippen molar-refractivity contribution in [3.05, 3.63) is 48.9 Å². The Morgan fingerprint density at radius 3 is 2.88 bits per heavy atom. The number of ether oxygens (including phenoxy) is 1. The van der Waals surface area contributed by atoms with Gasteiger partial charge in [0.2, 0.25) is 5.91 Å². The van der Waals surface area contributed by atoms with E-state index in [1.807, 2.05) is 23.2 Å². The highest BCUT2D eigenvalue weighted by atomic mass is 16.5. The molecule has 1 N–H and O–H groups in total. The summed E-state index contributed by atoms with van der Waals surface area (Å²) in [5, 5.41) is 16.4. The first-order valence-electron chi connectivity index (χ1n) is 10.9. The molecular formula is C22H26N8O2. The molecule has 2 aliphatic heterocycles. The number of nitrogens with zero attached hydrogens (tertiary/aromatic N) is 7. The standard InChI is InChI=1S/C22H26N8O2/c1-2-21(31)29-7-3-4-16(13-29)17-12-18(22-23-15-24-30(22)14-17)25-19-5-6-20(27-26-19)28-8-10-32-11-9-28/h2,5-6,12,14-16H,1,3-4,7-11,13H2,(H,25,26). The molecule has 0 aliphatic carbocycles. The highest BCUT2D eigenvalue weighted by Gasteiger charge is 2.25. The zero-order valence-electron chi connectivity index (χ0n) is 17.9. The van der Waals surface area contributed by atoms with Gasteiger partial charge < -0.3 is 19.9 Å². The summed E-state index contributed by atoms with van der Waals surface area (Å²) in [5.74, 6) is 1.67. The van der Waals surface area contributed by atoms with Gasteiger partial charge in [0.05, 0.1) is 18.9 Å². The number of anilines is 3. The van der Waals surface area contributed by atoms with Crippen LogP contribution in [0.5, 0.6) is 0 Å². The first-order valence-corrected chi connectivity index (χ1v) is 10.9. The van der Waals surface area contributed by atoms with Crippen LogP contribution in [0.3, 0.4) is 0 Å². The van der Waals surface area contributed by atoms with Gasteiger partial charge in [0, 0.05) is 38.3 Å². The van der Waals surface area contributed by atoms with Gasteiger partial charge in [-0.25, -0.2) is 9.50 Å². The lowest BCUT2D eigenvalue weighted by Gasteiger charge is -2.32. The van der Waals surface area contributed by atoms with E-state index in [1.165, 1.54) is 12.4 Å². The van der Waals surface area contributed by atoms with Crippen molar-refractivity contribution in [2.45, 2.75) is 18.8 Å². The van der Waals surface area contributed by atoms with E-state index >= 15 is 0 Å². The van der Waals surface area contributed by atoms with E-state index < -0.39 is 0 Å². The molecule has 32 heavy (non-hydrogen) atoms. The molecule has 166 valence electrons. The number of hydrogen-bond acceptors (Lipinski definition) is 8. The van der Waals surface area contributed by atoms with Gasteiger partial charge in [-0.05, 0) is 42.7 Å². The molecule has 0 spiro atoms. The lowest BCUT2D eigenvalue weighted by atomic mass is 9.91. The molecule has 0 saturated carbocycles. The number of nitrogens with one attached hydrogen (secondary N) is 1. The van der Waals surface area contributed by atoms with E-state index in [2.05, 4.69) is 43.1 Å². The lowest BCUT2D eigenvalue weighted by molar-refractivity contribution is -0.127. The molecule has 0 bridgehead atoms. The second-order valence-electron chi connectivity index (χ2n) is 8.04. The van der Waals surface area contributed by atoms with E-state index in [4.69, 9.17) is 4.74 Å². The average Bonchev–Trinajstić information content (AvgIpc) is 3.34. The first kappa shape index (κ1) is 20.4. The number of carbonyl (C=O) groups is 1. The number of morpholine rings is 1. The maximum atomic E-state index is 12.1. The van der Waals surface area contributed by atoms with Crippen molar-refractivity contribution in [2.75, 3.05) is 49.6 Å². The number of hydrogen-bond donors (Lipinski definition) is 1. The van der Waals surface area contributed by atoms with Gasteiger partial charge in [-0.2, -0.15) is 5.10 Å². The Bertz CT molecular complexity index is 1110. The number of aromatic nitrogens is 5. The van der Waals surface area contributed by atoms with Crippen LogP contribution in [-0.4, -0.2) is 75.0 Å². The molecule has 5 rings (SSSR count). The second-order valence-corrected chi connectivity index (χ2v) is 8.04. The third-order valence-corrected chi connectivity index (χ3v) is 6.02. The normalized spacial score (nSPS) is 19.2. The van der Waals surface area contributed by atoms with Crippen LogP contribution >= 0.6 is 0 Å². The van der Waals surface area contributed by atoms with Crippen LogP contribution in [0.15, 0.2) is 43.4 Å². The first-order chi connectivity index (χ1) is 15.7. The third-order valence-electron chi connectivity index (χ3n) is 6.02. The Balaban J connectivity index is 1.38. The van der Waals surface area contributed by atoms with Crippen LogP contribution < -0.4 is 10.2 Å². The molecule has 5 heterocycles. The minimum atomic E-state index is -0.0227. The molecule has 3 aromatic rings. The van der Waals surface area contributed by atoms with Gasteiger partial charge in [-0.1, -0.05) is 6.58 Å². The Hall–Kier alpha value is -3.53. The Kier molecular flexibility index (Phi) is 5.68. The van der Waals surface area contributed by atoms with Gasteiger partial charge >= 0.3 is 0 Å². The fraction of sp³-hybridized carbons (Fsp3) is 0.409. The highest BCUT2D eigenvalue weighted by Crippen LogP contribution is 2.31. The van der Waals surface area contributed by atoms with Gasteiger partial charge in [0.15, 0.2) is 17.3 Å². The quantitative estimate of drug-likeness (QED) is 0.609. The largest absolute Gasteiger partial charge is 0.378 e. The van der Waals surface area contributed by atoms with Crippen molar-refractivity contribution in [1.82, 2.24) is 29.7 Å². The molecule has 2 aliphatic rings. The fourth-order valence-corrected chi connectivity index (χ4v) is 4.33. The number of amides is 1. The molecule has 2 saturated heterocycles. The third kappa shape index (κ3) is 4.13. The maximum absolute atomic E-state index is 12.1. The lowest BCUT2D eigenvalue weighted by Crippen LogP contribution is -2.38. The summed E-state index contributed by atoms with van der Waals surface area (Å²) in [5.41, 5.74) is 2.62. The molecule has 10 nitrogen and oxygen atoms in total. The minimum Gasteiger partial charge on any atom is -0.378 e. The number of likely N-dealkylation sites (tertiary alicyclic amines) is 1. The van der Waals surface area contributed by atoms with Crippen LogP contribution in [0, 0.1) is 0 Å². The number of fused-ring (bicyclic) bond motifs is 1. The molecular weight excluding hydrogens is 408 g/mol. The maximum Gasteiger partial charge on any atom is 0.245 e. The highest BCUT2D eigenvalue weighted by molar-refractivity contribution is 5.87. The van der Waals surface area contributed by atoms with Crippen molar-refractivity contribution in [2.24, 2.45) is 0 Å². The van der Waals surface area contributed by atoms with E-state index in [-0.39, 0.29) is 11.8 Å². The van der Waals surface area contributed by atoms with Gasteiger partial charge in [-0.15, -0.1) is 10.2 Å². The molecule has 0 radical (unpaired) electrons. The van der Waals surface area contributed by atoms with Crippen LogP contribution in [0.4, 0.5) is 17.3 Å². The van der Waals surface area contributed by atoms with Crippen LogP contribution in [0.2, 0.25) is 0 Å². The molecule has 10 heteroatoms. The average molecular weight is 435 g/mol.